The molecule has 0 heterocycles. The fraction of sp³-hybridized carbons (Fsp3) is 0.143. The fourth-order valence-electron chi connectivity index (χ4n) is 0.681. The maximum absolute atomic E-state index is 11.7. The zero-order valence-corrected chi connectivity index (χ0v) is 7.45. The predicted octanol–water partition coefficient (Wildman–Crippen LogP) is 3.23. The molecule has 66 valence electrons. The van der Waals surface area contributed by atoms with Crippen LogP contribution in [0.4, 0.5) is 8.78 Å². The summed E-state index contributed by atoms with van der Waals surface area (Å²) in [6, 6.07) is 4.30. The molecule has 0 saturated carbocycles. The molecule has 0 spiro atoms. The molecule has 1 aromatic carbocycles. The number of hydrogen-bond acceptors (Lipinski definition) is 2. The van der Waals surface area contributed by atoms with Crippen LogP contribution in [0, 0.1) is 0 Å². The molecule has 1 aromatic rings. The van der Waals surface area contributed by atoms with Gasteiger partial charge in [0.25, 0.3) is 0 Å². The van der Waals surface area contributed by atoms with Crippen LogP contribution < -0.4 is 4.74 Å². The van der Waals surface area contributed by atoms with Crippen molar-refractivity contribution in [3.05, 3.63) is 23.2 Å². The van der Waals surface area contributed by atoms with E-state index in [1.807, 2.05) is 0 Å². The second-order valence-corrected chi connectivity index (χ2v) is 2.92. The molecular weight excluding hydrogens is 206 g/mol. The highest BCUT2D eigenvalue weighted by atomic mass is 35.5. The van der Waals surface area contributed by atoms with Crippen molar-refractivity contribution in [3.8, 4) is 5.75 Å². The van der Waals surface area contributed by atoms with Crippen molar-refractivity contribution in [1.82, 2.24) is 0 Å². The smallest absolute Gasteiger partial charge is 0.387 e. The summed E-state index contributed by atoms with van der Waals surface area (Å²) in [5.74, 6) is -0.0375. The average molecular weight is 211 g/mol. The predicted molar refractivity (Wildman–Crippen MR) is 45.3 cm³/mol. The largest absolute Gasteiger partial charge is 0.433 e. The summed E-state index contributed by atoms with van der Waals surface area (Å²) in [7, 11) is 0. The van der Waals surface area contributed by atoms with Crippen molar-refractivity contribution in [3.63, 3.8) is 0 Å². The van der Waals surface area contributed by atoms with Crippen LogP contribution in [0.5, 0.6) is 5.75 Å². The molecule has 0 radical (unpaired) electrons. The number of alkyl halides is 2. The van der Waals surface area contributed by atoms with Gasteiger partial charge in [0.2, 0.25) is 0 Å². The minimum absolute atomic E-state index is 0.0375. The monoisotopic (exact) mass is 210 g/mol. The molecular formula is C7H5ClF2OS. The number of benzene rings is 1. The van der Waals surface area contributed by atoms with Gasteiger partial charge in [0, 0.05) is 4.90 Å². The van der Waals surface area contributed by atoms with Gasteiger partial charge in [-0.1, -0.05) is 11.6 Å². The van der Waals surface area contributed by atoms with Gasteiger partial charge < -0.3 is 4.74 Å². The van der Waals surface area contributed by atoms with E-state index in [-0.39, 0.29) is 10.8 Å². The minimum Gasteiger partial charge on any atom is -0.433 e. The van der Waals surface area contributed by atoms with Gasteiger partial charge in [0.05, 0.1) is 5.02 Å². The summed E-state index contributed by atoms with van der Waals surface area (Å²) in [4.78, 5) is 0.599. The Morgan fingerprint density at radius 1 is 1.42 bits per heavy atom. The summed E-state index contributed by atoms with van der Waals surface area (Å²) in [6.45, 7) is -2.85. The highest BCUT2D eigenvalue weighted by Crippen LogP contribution is 2.27. The fourth-order valence-corrected chi connectivity index (χ4v) is 1.19. The van der Waals surface area contributed by atoms with E-state index in [1.165, 1.54) is 18.2 Å². The molecule has 0 fully saturated rings. The molecule has 0 atom stereocenters. The van der Waals surface area contributed by atoms with Crippen LogP contribution in [0.25, 0.3) is 0 Å². The highest BCUT2D eigenvalue weighted by Gasteiger charge is 2.07. The van der Waals surface area contributed by atoms with E-state index in [9.17, 15) is 8.78 Å². The lowest BCUT2D eigenvalue weighted by atomic mass is 10.3. The molecule has 0 bridgehead atoms. The topological polar surface area (TPSA) is 9.23 Å². The SMILES string of the molecule is FC(F)Oc1ccc(S)cc1Cl. The van der Waals surface area contributed by atoms with Crippen molar-refractivity contribution < 1.29 is 13.5 Å². The van der Waals surface area contributed by atoms with Crippen LogP contribution in [0.15, 0.2) is 23.1 Å². The minimum atomic E-state index is -2.85. The van der Waals surface area contributed by atoms with Gasteiger partial charge >= 0.3 is 6.61 Å². The Hall–Kier alpha value is -0.480. The first-order chi connectivity index (χ1) is 5.59. The number of halogens is 3. The Morgan fingerprint density at radius 3 is 2.58 bits per heavy atom. The third-order valence-electron chi connectivity index (χ3n) is 1.13. The third kappa shape index (κ3) is 2.53. The van der Waals surface area contributed by atoms with Gasteiger partial charge in [-0.2, -0.15) is 8.78 Å². The van der Waals surface area contributed by atoms with Gasteiger partial charge in [0.15, 0.2) is 0 Å². The quantitative estimate of drug-likeness (QED) is 0.738. The van der Waals surface area contributed by atoms with Gasteiger partial charge in [-0.3, -0.25) is 0 Å². The molecule has 0 aliphatic carbocycles. The van der Waals surface area contributed by atoms with Gasteiger partial charge in [-0.25, -0.2) is 0 Å². The second-order valence-electron chi connectivity index (χ2n) is 1.99. The Kier molecular flexibility index (Phi) is 3.17. The average Bonchev–Trinajstić information content (AvgIpc) is 1.94. The van der Waals surface area contributed by atoms with Gasteiger partial charge in [-0.15, -0.1) is 12.6 Å². The van der Waals surface area contributed by atoms with Crippen molar-refractivity contribution in [1.29, 1.82) is 0 Å². The molecule has 0 N–H and O–H groups in total. The summed E-state index contributed by atoms with van der Waals surface area (Å²) >= 11 is 9.53. The maximum atomic E-state index is 11.7. The lowest BCUT2D eigenvalue weighted by Gasteiger charge is -2.05. The Balaban J connectivity index is 2.86. The highest BCUT2D eigenvalue weighted by molar-refractivity contribution is 7.80. The summed E-state index contributed by atoms with van der Waals surface area (Å²) in [5, 5.41) is 0.128. The Labute approximate surface area is 78.7 Å². The lowest BCUT2D eigenvalue weighted by Crippen LogP contribution is -2.01. The van der Waals surface area contributed by atoms with Crippen LogP contribution in [-0.4, -0.2) is 6.61 Å². The molecule has 0 aromatic heterocycles. The van der Waals surface area contributed by atoms with Gasteiger partial charge in [-0.05, 0) is 18.2 Å². The van der Waals surface area contributed by atoms with E-state index in [4.69, 9.17) is 11.6 Å². The van der Waals surface area contributed by atoms with E-state index in [0.29, 0.717) is 4.90 Å². The Morgan fingerprint density at radius 2 is 2.08 bits per heavy atom. The molecule has 1 nitrogen and oxygen atoms in total. The van der Waals surface area contributed by atoms with Crippen LogP contribution in [-0.2, 0) is 0 Å². The zero-order valence-electron chi connectivity index (χ0n) is 5.80. The first-order valence-corrected chi connectivity index (χ1v) is 3.85. The van der Waals surface area contributed by atoms with E-state index in [1.54, 1.807) is 0 Å². The molecule has 0 unspecified atom stereocenters. The number of rotatable bonds is 2. The normalized spacial score (nSPS) is 10.4. The lowest BCUT2D eigenvalue weighted by molar-refractivity contribution is -0.0498. The molecule has 12 heavy (non-hydrogen) atoms. The number of thiol groups is 1. The molecule has 0 aliphatic rings. The van der Waals surface area contributed by atoms with Crippen molar-refractivity contribution >= 4 is 24.2 Å². The first kappa shape index (κ1) is 9.61. The number of ether oxygens (including phenoxy) is 1. The van der Waals surface area contributed by atoms with E-state index in [0.717, 1.165) is 0 Å². The third-order valence-corrected chi connectivity index (χ3v) is 1.71. The molecule has 0 saturated heterocycles. The van der Waals surface area contributed by atoms with E-state index < -0.39 is 6.61 Å². The van der Waals surface area contributed by atoms with Crippen LogP contribution in [0.3, 0.4) is 0 Å². The van der Waals surface area contributed by atoms with Crippen LogP contribution in [0.1, 0.15) is 0 Å². The summed E-state index contributed by atoms with van der Waals surface area (Å²) < 4.78 is 27.5. The van der Waals surface area contributed by atoms with Gasteiger partial charge in [0.1, 0.15) is 5.75 Å². The van der Waals surface area contributed by atoms with Crippen molar-refractivity contribution in [2.45, 2.75) is 11.5 Å². The van der Waals surface area contributed by atoms with Crippen LogP contribution in [0.2, 0.25) is 5.02 Å². The van der Waals surface area contributed by atoms with Crippen LogP contribution >= 0.6 is 24.2 Å². The summed E-state index contributed by atoms with van der Waals surface area (Å²) in [5.41, 5.74) is 0. The second kappa shape index (κ2) is 3.96. The van der Waals surface area contributed by atoms with Crippen molar-refractivity contribution in [2.75, 3.05) is 0 Å². The molecule has 0 amide bonds. The molecule has 0 aliphatic heterocycles. The molecule has 5 heteroatoms. The first-order valence-electron chi connectivity index (χ1n) is 3.03. The Bertz CT molecular complexity index is 280. The zero-order chi connectivity index (χ0) is 9.14. The maximum Gasteiger partial charge on any atom is 0.387 e. The van der Waals surface area contributed by atoms with E-state index in [2.05, 4.69) is 17.4 Å². The summed E-state index contributed by atoms with van der Waals surface area (Å²) in [6.07, 6.45) is 0. The number of hydrogen-bond donors (Lipinski definition) is 1. The molecule has 1 rings (SSSR count). The standard InChI is InChI=1S/C7H5ClF2OS/c8-5-3-4(12)1-2-6(5)11-7(9)10/h1-3,7,12H. The van der Waals surface area contributed by atoms with E-state index >= 15 is 0 Å². The van der Waals surface area contributed by atoms with Crippen molar-refractivity contribution in [2.24, 2.45) is 0 Å².